The van der Waals surface area contributed by atoms with E-state index in [-0.39, 0.29) is 24.1 Å². The van der Waals surface area contributed by atoms with E-state index in [0.29, 0.717) is 11.4 Å². The smallest absolute Gasteiger partial charge is 0.253 e. The lowest BCUT2D eigenvalue weighted by Crippen LogP contribution is -2.23. The summed E-state index contributed by atoms with van der Waals surface area (Å²) in [4.78, 5) is 16.2. The van der Waals surface area contributed by atoms with Gasteiger partial charge in [0.1, 0.15) is 17.7 Å². The van der Waals surface area contributed by atoms with Crippen molar-refractivity contribution in [3.8, 4) is 5.88 Å². The van der Waals surface area contributed by atoms with E-state index >= 15 is 0 Å². The minimum Gasteiger partial charge on any atom is -0.473 e. The molecule has 1 unspecified atom stereocenters. The molecule has 0 aliphatic carbocycles. The van der Waals surface area contributed by atoms with Crippen molar-refractivity contribution in [2.45, 2.75) is 19.1 Å². The molecule has 1 N–H and O–H groups in total. The molecule has 0 radical (unpaired) electrons. The molecule has 1 aromatic heterocycles. The topological polar surface area (TPSA) is 51.2 Å². The summed E-state index contributed by atoms with van der Waals surface area (Å²) in [5.74, 6) is 0.811. The number of halogens is 2. The Labute approximate surface area is 142 Å². The maximum atomic E-state index is 13.5. The number of ether oxygens (including phenoxy) is 1. The molecular formula is C17H16F2N2O2S. The summed E-state index contributed by atoms with van der Waals surface area (Å²) in [7, 11) is 0. The van der Waals surface area contributed by atoms with Crippen LogP contribution in [0.15, 0.2) is 36.5 Å². The summed E-state index contributed by atoms with van der Waals surface area (Å²) in [6, 6.07) is 6.51. The van der Waals surface area contributed by atoms with Crippen molar-refractivity contribution < 1.29 is 18.3 Å². The van der Waals surface area contributed by atoms with Crippen LogP contribution < -0.4 is 10.1 Å². The molecule has 1 aliphatic heterocycles. The van der Waals surface area contributed by atoms with Gasteiger partial charge >= 0.3 is 0 Å². The quantitative estimate of drug-likeness (QED) is 0.900. The molecule has 3 rings (SSSR count). The second-order valence-electron chi connectivity index (χ2n) is 5.41. The highest BCUT2D eigenvalue weighted by atomic mass is 32.2. The third kappa shape index (κ3) is 4.23. The van der Waals surface area contributed by atoms with Gasteiger partial charge in [0, 0.05) is 36.2 Å². The Morgan fingerprint density at radius 3 is 2.88 bits per heavy atom. The monoisotopic (exact) mass is 350 g/mol. The van der Waals surface area contributed by atoms with Gasteiger partial charge in [-0.05, 0) is 24.3 Å². The average Bonchev–Trinajstić information content (AvgIpc) is 3.07. The number of nitrogens with one attached hydrogen (secondary N) is 1. The van der Waals surface area contributed by atoms with E-state index in [9.17, 15) is 13.6 Å². The summed E-state index contributed by atoms with van der Waals surface area (Å²) >= 11 is 1.84. The molecule has 1 aromatic carbocycles. The van der Waals surface area contributed by atoms with E-state index in [4.69, 9.17) is 4.74 Å². The number of benzene rings is 1. The maximum Gasteiger partial charge on any atom is 0.253 e. The fourth-order valence-electron chi connectivity index (χ4n) is 2.30. The highest BCUT2D eigenvalue weighted by Gasteiger charge is 2.17. The first-order valence-corrected chi connectivity index (χ1v) is 8.70. The molecule has 7 heteroatoms. The van der Waals surface area contributed by atoms with Crippen LogP contribution in [0.25, 0.3) is 0 Å². The Bertz CT molecular complexity index is 719. The van der Waals surface area contributed by atoms with Crippen LogP contribution in [0.5, 0.6) is 5.88 Å². The first-order chi connectivity index (χ1) is 11.6. The Kier molecular flexibility index (Phi) is 5.30. The lowest BCUT2D eigenvalue weighted by molar-refractivity contribution is 0.0950. The second kappa shape index (κ2) is 7.61. The third-order valence-corrected chi connectivity index (χ3v) is 4.76. The van der Waals surface area contributed by atoms with E-state index in [0.717, 1.165) is 30.1 Å². The number of rotatable bonds is 5. The first kappa shape index (κ1) is 16.7. The van der Waals surface area contributed by atoms with Crippen LogP contribution in [0, 0.1) is 11.6 Å². The van der Waals surface area contributed by atoms with Gasteiger partial charge in [0.05, 0.1) is 5.56 Å². The number of carbonyl (C=O) groups is 1. The summed E-state index contributed by atoms with van der Waals surface area (Å²) in [5.41, 5.74) is 0.571. The molecule has 4 nitrogen and oxygen atoms in total. The van der Waals surface area contributed by atoms with E-state index in [1.807, 2.05) is 11.8 Å². The van der Waals surface area contributed by atoms with Crippen LogP contribution in [0.1, 0.15) is 22.3 Å². The molecule has 126 valence electrons. The molecule has 0 saturated carbocycles. The van der Waals surface area contributed by atoms with Gasteiger partial charge < -0.3 is 10.1 Å². The van der Waals surface area contributed by atoms with Crippen molar-refractivity contribution in [1.82, 2.24) is 10.3 Å². The van der Waals surface area contributed by atoms with E-state index in [1.54, 1.807) is 12.1 Å². The number of nitrogens with zero attached hydrogens (tertiary/aromatic N) is 1. The van der Waals surface area contributed by atoms with Crippen LogP contribution in [0.4, 0.5) is 8.78 Å². The number of amides is 1. The minimum atomic E-state index is -0.688. The van der Waals surface area contributed by atoms with Gasteiger partial charge in [0.15, 0.2) is 0 Å². The van der Waals surface area contributed by atoms with Crippen molar-refractivity contribution in [1.29, 1.82) is 0 Å². The Morgan fingerprint density at radius 1 is 1.33 bits per heavy atom. The Morgan fingerprint density at radius 2 is 2.21 bits per heavy atom. The van der Waals surface area contributed by atoms with Crippen molar-refractivity contribution in [2.24, 2.45) is 0 Å². The maximum absolute atomic E-state index is 13.5. The minimum absolute atomic E-state index is 0.0253. The molecule has 0 bridgehead atoms. The third-order valence-electron chi connectivity index (χ3n) is 3.63. The summed E-state index contributed by atoms with van der Waals surface area (Å²) in [5, 5.41) is 2.58. The van der Waals surface area contributed by atoms with Gasteiger partial charge in [-0.2, -0.15) is 11.8 Å². The summed E-state index contributed by atoms with van der Waals surface area (Å²) in [6.07, 6.45) is 2.59. The normalized spacial score (nSPS) is 16.8. The highest BCUT2D eigenvalue weighted by molar-refractivity contribution is 7.99. The molecule has 1 atom stereocenters. The molecule has 2 heterocycles. The lowest BCUT2D eigenvalue weighted by atomic mass is 10.2. The standard InChI is InChI=1S/C17H16F2N2O2S/c18-13-3-1-11(15(19)7-13)8-21-17(22)12-2-4-16(20-9-12)23-14-5-6-24-10-14/h1-4,7,9,14H,5-6,8,10H2,(H,21,22). The van der Waals surface area contributed by atoms with Gasteiger partial charge in [0.2, 0.25) is 5.88 Å². The van der Waals surface area contributed by atoms with Crippen LogP contribution in [-0.4, -0.2) is 28.5 Å². The van der Waals surface area contributed by atoms with E-state index < -0.39 is 11.6 Å². The van der Waals surface area contributed by atoms with Crippen molar-refractivity contribution >= 4 is 17.7 Å². The zero-order valence-electron chi connectivity index (χ0n) is 12.8. The van der Waals surface area contributed by atoms with Gasteiger partial charge in [0.25, 0.3) is 5.91 Å². The Balaban J connectivity index is 1.56. The average molecular weight is 350 g/mol. The number of hydrogen-bond acceptors (Lipinski definition) is 4. The van der Waals surface area contributed by atoms with Crippen LogP contribution >= 0.6 is 11.8 Å². The first-order valence-electron chi connectivity index (χ1n) is 7.54. The summed E-state index contributed by atoms with van der Waals surface area (Å²) in [6.45, 7) is -0.0253. The lowest BCUT2D eigenvalue weighted by Gasteiger charge is -2.11. The van der Waals surface area contributed by atoms with Crippen LogP contribution in [-0.2, 0) is 6.54 Å². The van der Waals surface area contributed by atoms with E-state index in [2.05, 4.69) is 10.3 Å². The summed E-state index contributed by atoms with van der Waals surface area (Å²) < 4.78 is 32.1. The van der Waals surface area contributed by atoms with Gasteiger partial charge in [-0.1, -0.05) is 6.07 Å². The molecule has 1 aliphatic rings. The number of aromatic nitrogens is 1. The zero-order chi connectivity index (χ0) is 16.9. The fourth-order valence-corrected chi connectivity index (χ4v) is 3.40. The predicted molar refractivity (Wildman–Crippen MR) is 88.1 cm³/mol. The van der Waals surface area contributed by atoms with E-state index in [1.165, 1.54) is 12.3 Å². The number of hydrogen-bond donors (Lipinski definition) is 1. The number of pyridine rings is 1. The van der Waals surface area contributed by atoms with Crippen molar-refractivity contribution in [3.63, 3.8) is 0 Å². The second-order valence-corrected chi connectivity index (χ2v) is 6.56. The van der Waals surface area contributed by atoms with Crippen LogP contribution in [0.3, 0.4) is 0 Å². The van der Waals surface area contributed by atoms with Gasteiger partial charge in [-0.15, -0.1) is 0 Å². The molecular weight excluding hydrogens is 334 g/mol. The van der Waals surface area contributed by atoms with Gasteiger partial charge in [-0.3, -0.25) is 4.79 Å². The number of carbonyl (C=O) groups excluding carboxylic acids is 1. The SMILES string of the molecule is O=C(NCc1ccc(F)cc1F)c1ccc(OC2CCSC2)nc1. The molecule has 24 heavy (non-hydrogen) atoms. The molecule has 1 saturated heterocycles. The zero-order valence-corrected chi connectivity index (χ0v) is 13.6. The van der Waals surface area contributed by atoms with Gasteiger partial charge in [-0.25, -0.2) is 13.8 Å². The van der Waals surface area contributed by atoms with Crippen molar-refractivity contribution in [2.75, 3.05) is 11.5 Å². The molecule has 0 spiro atoms. The Hall–Kier alpha value is -2.15. The van der Waals surface area contributed by atoms with Crippen LogP contribution in [0.2, 0.25) is 0 Å². The highest BCUT2D eigenvalue weighted by Crippen LogP contribution is 2.22. The molecule has 2 aromatic rings. The largest absolute Gasteiger partial charge is 0.473 e. The predicted octanol–water partition coefficient (Wildman–Crippen LogP) is 3.17. The number of thioether (sulfide) groups is 1. The molecule has 1 amide bonds. The van der Waals surface area contributed by atoms with Crippen molar-refractivity contribution in [3.05, 3.63) is 59.3 Å². The fraction of sp³-hybridized carbons (Fsp3) is 0.294. The molecule has 1 fully saturated rings.